The molecule has 0 amide bonds. The maximum atomic E-state index is 9.63. The molecule has 0 fully saturated rings. The number of aliphatic imine (C=N–C) groups is 1. The molecule has 2 rings (SSSR count). The predicted octanol–water partition coefficient (Wildman–Crippen LogP) is 2.40. The van der Waals surface area contributed by atoms with E-state index in [1.54, 1.807) is 19.4 Å². The van der Waals surface area contributed by atoms with Crippen molar-refractivity contribution < 1.29 is 9.84 Å². The molecule has 1 aromatic carbocycles. The molecule has 3 N–H and O–H groups in total. The van der Waals surface area contributed by atoms with Gasteiger partial charge in [-0.2, -0.15) is 5.10 Å². The smallest absolute Gasteiger partial charge is 0.191 e. The Balaban J connectivity index is 0.00000338. The third-order valence-electron chi connectivity index (χ3n) is 3.67. The molecule has 1 aromatic heterocycles. The summed E-state index contributed by atoms with van der Waals surface area (Å²) in [5, 5.41) is 20.4. The number of phenols is 1. The first-order valence-corrected chi connectivity index (χ1v) is 8.58. The number of ether oxygens (including phenoxy) is 1. The normalized spacial score (nSPS) is 10.9. The number of benzene rings is 1. The summed E-state index contributed by atoms with van der Waals surface area (Å²) >= 11 is 0. The molecule has 0 spiro atoms. The van der Waals surface area contributed by atoms with Crippen LogP contribution in [-0.2, 0) is 13.0 Å². The predicted molar refractivity (Wildman–Crippen MR) is 115 cm³/mol. The number of hydrogen-bond donors (Lipinski definition) is 3. The molecule has 0 bridgehead atoms. The number of aromatic nitrogens is 2. The van der Waals surface area contributed by atoms with Crippen LogP contribution in [0.4, 0.5) is 0 Å². The van der Waals surface area contributed by atoms with Gasteiger partial charge in [-0.15, -0.1) is 24.0 Å². The van der Waals surface area contributed by atoms with Gasteiger partial charge in [0.1, 0.15) is 0 Å². The van der Waals surface area contributed by atoms with Crippen LogP contribution in [0.2, 0.25) is 0 Å². The molecule has 8 heteroatoms. The van der Waals surface area contributed by atoms with Gasteiger partial charge in [0.2, 0.25) is 0 Å². The average molecular weight is 473 g/mol. The lowest BCUT2D eigenvalue weighted by Crippen LogP contribution is -2.38. The molecule has 26 heavy (non-hydrogen) atoms. The largest absolute Gasteiger partial charge is 0.504 e. The quantitative estimate of drug-likeness (QED) is 0.226. The number of nitrogens with one attached hydrogen (secondary N) is 2. The molecular weight excluding hydrogens is 445 g/mol. The lowest BCUT2D eigenvalue weighted by molar-refractivity contribution is 0.373. The van der Waals surface area contributed by atoms with Crippen molar-refractivity contribution in [2.45, 2.75) is 26.3 Å². The van der Waals surface area contributed by atoms with Gasteiger partial charge in [0.25, 0.3) is 0 Å². The van der Waals surface area contributed by atoms with Crippen LogP contribution in [-0.4, -0.2) is 47.6 Å². The van der Waals surface area contributed by atoms with E-state index in [2.05, 4.69) is 20.7 Å². The van der Waals surface area contributed by atoms with E-state index in [1.165, 1.54) is 0 Å². The second-order valence-electron chi connectivity index (χ2n) is 5.57. The van der Waals surface area contributed by atoms with Crippen molar-refractivity contribution in [3.05, 3.63) is 42.2 Å². The highest BCUT2D eigenvalue weighted by Crippen LogP contribution is 2.26. The fourth-order valence-electron chi connectivity index (χ4n) is 2.40. The lowest BCUT2D eigenvalue weighted by atomic mass is 10.1. The number of aromatic hydroxyl groups is 1. The highest BCUT2D eigenvalue weighted by Gasteiger charge is 2.03. The van der Waals surface area contributed by atoms with Crippen molar-refractivity contribution in [1.82, 2.24) is 20.4 Å². The van der Waals surface area contributed by atoms with Crippen molar-refractivity contribution in [2.24, 2.45) is 4.99 Å². The van der Waals surface area contributed by atoms with E-state index < -0.39 is 0 Å². The minimum Gasteiger partial charge on any atom is -0.504 e. The number of hydrogen-bond acceptors (Lipinski definition) is 4. The Morgan fingerprint density at radius 3 is 2.88 bits per heavy atom. The molecule has 7 nitrogen and oxygen atoms in total. The summed E-state index contributed by atoms with van der Waals surface area (Å²) in [6.45, 7) is 5.22. The van der Waals surface area contributed by atoms with Gasteiger partial charge in [-0.25, -0.2) is 0 Å². The Hall–Kier alpha value is -1.97. The number of halogens is 1. The highest BCUT2D eigenvalue weighted by molar-refractivity contribution is 14.0. The van der Waals surface area contributed by atoms with Crippen LogP contribution in [0.5, 0.6) is 11.5 Å². The minimum atomic E-state index is 0. The second kappa shape index (κ2) is 12.4. The summed E-state index contributed by atoms with van der Waals surface area (Å²) in [5.41, 5.74) is 1.09. The van der Waals surface area contributed by atoms with Gasteiger partial charge < -0.3 is 20.5 Å². The van der Waals surface area contributed by atoms with E-state index in [0.717, 1.165) is 50.5 Å². The van der Waals surface area contributed by atoms with Crippen molar-refractivity contribution in [2.75, 3.05) is 26.7 Å². The first-order valence-electron chi connectivity index (χ1n) is 8.58. The molecule has 144 valence electrons. The zero-order chi connectivity index (χ0) is 17.9. The van der Waals surface area contributed by atoms with Crippen LogP contribution in [0.25, 0.3) is 0 Å². The molecule has 0 radical (unpaired) electrons. The van der Waals surface area contributed by atoms with Crippen LogP contribution >= 0.6 is 24.0 Å². The maximum Gasteiger partial charge on any atom is 0.191 e. The zero-order valence-corrected chi connectivity index (χ0v) is 17.6. The molecule has 0 atom stereocenters. The van der Waals surface area contributed by atoms with E-state index in [4.69, 9.17) is 4.74 Å². The van der Waals surface area contributed by atoms with Gasteiger partial charge in [0.05, 0.1) is 7.11 Å². The number of phenolic OH excluding ortho intramolecular Hbond substituents is 1. The Bertz CT molecular complexity index is 662. The standard InChI is InChI=1S/C18H27N5O2.HI/c1-3-19-18(20-9-4-12-23-13-5-10-22-23)21-11-8-15-6-7-16(24)17(14-15)25-2;/h5-7,10,13-14,24H,3-4,8-9,11-12H2,1-2H3,(H2,19,20,21);1H. The SMILES string of the molecule is CCNC(=NCCCn1cccn1)NCCc1ccc(O)c(OC)c1.I. The molecule has 0 saturated carbocycles. The van der Waals surface area contributed by atoms with Gasteiger partial charge >= 0.3 is 0 Å². The number of nitrogens with zero attached hydrogens (tertiary/aromatic N) is 3. The first-order chi connectivity index (χ1) is 12.2. The molecule has 0 aliphatic carbocycles. The third kappa shape index (κ3) is 7.51. The van der Waals surface area contributed by atoms with Crippen LogP contribution in [0, 0.1) is 0 Å². The first kappa shape index (κ1) is 22.1. The van der Waals surface area contributed by atoms with Gasteiger partial charge in [0.15, 0.2) is 17.5 Å². The summed E-state index contributed by atoms with van der Waals surface area (Å²) in [7, 11) is 1.55. The van der Waals surface area contributed by atoms with Crippen molar-refractivity contribution >= 4 is 29.9 Å². The summed E-state index contributed by atoms with van der Waals surface area (Å²) in [4.78, 5) is 4.58. The van der Waals surface area contributed by atoms with Crippen LogP contribution in [0.3, 0.4) is 0 Å². The molecule has 1 heterocycles. The third-order valence-corrected chi connectivity index (χ3v) is 3.67. The molecule has 0 unspecified atom stereocenters. The minimum absolute atomic E-state index is 0. The summed E-state index contributed by atoms with van der Waals surface area (Å²) < 4.78 is 7.04. The second-order valence-corrected chi connectivity index (χ2v) is 5.57. The topological polar surface area (TPSA) is 83.7 Å². The van der Waals surface area contributed by atoms with E-state index in [1.807, 2.05) is 36.0 Å². The molecule has 0 aliphatic heterocycles. The summed E-state index contributed by atoms with van der Waals surface area (Å²) in [5.74, 6) is 1.47. The van der Waals surface area contributed by atoms with Crippen molar-refractivity contribution in [3.63, 3.8) is 0 Å². The van der Waals surface area contributed by atoms with Gasteiger partial charge in [0, 0.05) is 38.6 Å². The van der Waals surface area contributed by atoms with Crippen LogP contribution in [0.1, 0.15) is 18.9 Å². The summed E-state index contributed by atoms with van der Waals surface area (Å²) in [6, 6.07) is 7.33. The molecular formula is C18H28IN5O2. The fourth-order valence-corrected chi connectivity index (χ4v) is 2.40. The molecule has 0 aliphatic rings. The van der Waals surface area contributed by atoms with Gasteiger partial charge in [-0.3, -0.25) is 9.67 Å². The van der Waals surface area contributed by atoms with Crippen LogP contribution in [0.15, 0.2) is 41.7 Å². The Labute approximate surface area is 171 Å². The maximum absolute atomic E-state index is 9.63. The number of methoxy groups -OCH3 is 1. The monoisotopic (exact) mass is 473 g/mol. The van der Waals surface area contributed by atoms with Gasteiger partial charge in [-0.1, -0.05) is 6.07 Å². The van der Waals surface area contributed by atoms with Gasteiger partial charge in [-0.05, 0) is 43.5 Å². The van der Waals surface area contributed by atoms with E-state index in [0.29, 0.717) is 5.75 Å². The Kier molecular flexibility index (Phi) is 10.5. The van der Waals surface area contributed by atoms with E-state index in [9.17, 15) is 5.11 Å². The zero-order valence-electron chi connectivity index (χ0n) is 15.3. The Morgan fingerprint density at radius 2 is 2.19 bits per heavy atom. The van der Waals surface area contributed by atoms with Crippen molar-refractivity contribution in [3.8, 4) is 11.5 Å². The van der Waals surface area contributed by atoms with E-state index >= 15 is 0 Å². The fraction of sp³-hybridized carbons (Fsp3) is 0.444. The average Bonchev–Trinajstić information content (AvgIpc) is 3.13. The lowest BCUT2D eigenvalue weighted by Gasteiger charge is -2.12. The number of rotatable bonds is 9. The number of aryl methyl sites for hydroxylation is 1. The highest BCUT2D eigenvalue weighted by atomic mass is 127. The summed E-state index contributed by atoms with van der Waals surface area (Å²) in [6.07, 6.45) is 5.49. The molecule has 2 aromatic rings. The molecule has 0 saturated heterocycles. The van der Waals surface area contributed by atoms with Crippen molar-refractivity contribution in [1.29, 1.82) is 0 Å². The number of guanidine groups is 1. The van der Waals surface area contributed by atoms with E-state index in [-0.39, 0.29) is 29.7 Å². The Morgan fingerprint density at radius 1 is 1.35 bits per heavy atom. The van der Waals surface area contributed by atoms with Crippen LogP contribution < -0.4 is 15.4 Å².